The van der Waals surface area contributed by atoms with E-state index in [1.165, 1.54) is 16.5 Å². The van der Waals surface area contributed by atoms with Crippen molar-refractivity contribution in [1.29, 1.82) is 0 Å². The minimum absolute atomic E-state index is 0.995. The van der Waals surface area contributed by atoms with Gasteiger partial charge in [-0.05, 0) is 31.9 Å². The van der Waals surface area contributed by atoms with Gasteiger partial charge >= 0.3 is 0 Å². The number of hydrogen-bond acceptors (Lipinski definition) is 2. The molecular formula is C15H20N2S2. The lowest BCUT2D eigenvalue weighted by Crippen LogP contribution is -2.26. The number of aromatic amines is 1. The van der Waals surface area contributed by atoms with Gasteiger partial charge in [0, 0.05) is 35.9 Å². The summed E-state index contributed by atoms with van der Waals surface area (Å²) in [6.07, 6.45) is 3.17. The molecule has 102 valence electrons. The van der Waals surface area contributed by atoms with Gasteiger partial charge in [-0.3, -0.25) is 0 Å². The minimum atomic E-state index is 0.995. The molecule has 0 atom stereocenters. The maximum atomic E-state index is 5.45. The van der Waals surface area contributed by atoms with Crippen molar-refractivity contribution < 1.29 is 0 Å². The van der Waals surface area contributed by atoms with Crippen molar-refractivity contribution in [2.75, 3.05) is 18.8 Å². The predicted octanol–water partition coefficient (Wildman–Crippen LogP) is 4.07. The lowest BCUT2D eigenvalue weighted by atomic mass is 10.1. The van der Waals surface area contributed by atoms with Crippen molar-refractivity contribution in [2.24, 2.45) is 0 Å². The molecule has 0 aliphatic heterocycles. The Morgan fingerprint density at radius 1 is 1.26 bits per heavy atom. The summed E-state index contributed by atoms with van der Waals surface area (Å²) in [5.41, 5.74) is 2.60. The number of nitrogens with zero attached hydrogens (tertiary/aromatic N) is 1. The fourth-order valence-corrected chi connectivity index (χ4v) is 3.61. The van der Waals surface area contributed by atoms with Gasteiger partial charge < -0.3 is 9.88 Å². The molecule has 0 aliphatic carbocycles. The molecule has 2 nitrogen and oxygen atoms in total. The van der Waals surface area contributed by atoms with E-state index in [1.54, 1.807) is 11.8 Å². The van der Waals surface area contributed by atoms with E-state index in [1.807, 2.05) is 0 Å². The van der Waals surface area contributed by atoms with Crippen molar-refractivity contribution in [3.05, 3.63) is 36.0 Å². The molecule has 0 fully saturated rings. The van der Waals surface area contributed by atoms with E-state index < -0.39 is 0 Å². The van der Waals surface area contributed by atoms with Crippen molar-refractivity contribution in [1.82, 2.24) is 9.88 Å². The summed E-state index contributed by atoms with van der Waals surface area (Å²) in [6.45, 7) is 6.29. The second-order valence-electron chi connectivity index (χ2n) is 4.40. The molecule has 0 bridgehead atoms. The second kappa shape index (κ2) is 6.96. The lowest BCUT2D eigenvalue weighted by molar-refractivity contribution is 0.482. The standard InChI is InChI=1S/C15H20N2S2/c1-3-17(4-2)15(18)19-10-9-12-11-16-14-8-6-5-7-13(12)14/h5-8,11,16H,3-4,9-10H2,1-2H3. The highest BCUT2D eigenvalue weighted by Crippen LogP contribution is 2.20. The maximum absolute atomic E-state index is 5.45. The van der Waals surface area contributed by atoms with Crippen LogP contribution in [0.15, 0.2) is 30.5 Å². The van der Waals surface area contributed by atoms with E-state index >= 15 is 0 Å². The van der Waals surface area contributed by atoms with E-state index in [0.717, 1.165) is 29.6 Å². The number of aromatic nitrogens is 1. The van der Waals surface area contributed by atoms with Crippen molar-refractivity contribution in [3.63, 3.8) is 0 Å². The topological polar surface area (TPSA) is 19.0 Å². The van der Waals surface area contributed by atoms with Crippen molar-refractivity contribution >= 4 is 39.2 Å². The molecule has 19 heavy (non-hydrogen) atoms. The molecule has 4 heteroatoms. The normalized spacial score (nSPS) is 10.8. The average Bonchev–Trinajstić information content (AvgIpc) is 2.84. The van der Waals surface area contributed by atoms with Gasteiger partial charge in [-0.2, -0.15) is 0 Å². The molecule has 0 saturated carbocycles. The molecule has 1 aromatic carbocycles. The number of thiocarbonyl (C=S) groups is 1. The molecule has 1 heterocycles. The summed E-state index contributed by atoms with van der Waals surface area (Å²) >= 11 is 7.23. The zero-order valence-corrected chi connectivity index (χ0v) is 13.1. The zero-order valence-electron chi connectivity index (χ0n) is 11.5. The van der Waals surface area contributed by atoms with Gasteiger partial charge in [0.25, 0.3) is 0 Å². The Balaban J connectivity index is 1.91. The van der Waals surface area contributed by atoms with Crippen LogP contribution in [0.3, 0.4) is 0 Å². The van der Waals surface area contributed by atoms with Crippen LogP contribution in [0.5, 0.6) is 0 Å². The number of aryl methyl sites for hydroxylation is 1. The van der Waals surface area contributed by atoms with Crippen LogP contribution in [0, 0.1) is 0 Å². The number of benzene rings is 1. The number of thioether (sulfide) groups is 1. The highest BCUT2D eigenvalue weighted by atomic mass is 32.2. The van der Waals surface area contributed by atoms with Gasteiger partial charge in [-0.15, -0.1) is 0 Å². The zero-order chi connectivity index (χ0) is 13.7. The number of H-pyrrole nitrogens is 1. The average molecular weight is 292 g/mol. The van der Waals surface area contributed by atoms with Gasteiger partial charge in [-0.1, -0.05) is 42.2 Å². The fourth-order valence-electron chi connectivity index (χ4n) is 2.16. The molecule has 0 spiro atoms. The molecule has 0 radical (unpaired) electrons. The fraction of sp³-hybridized carbons (Fsp3) is 0.400. The molecule has 2 rings (SSSR count). The monoisotopic (exact) mass is 292 g/mol. The van der Waals surface area contributed by atoms with Gasteiger partial charge in [-0.25, -0.2) is 0 Å². The van der Waals surface area contributed by atoms with Crippen LogP contribution in [0.25, 0.3) is 10.9 Å². The first-order valence-corrected chi connectivity index (χ1v) is 8.12. The van der Waals surface area contributed by atoms with Crippen LogP contribution in [0.4, 0.5) is 0 Å². The second-order valence-corrected chi connectivity index (χ2v) is 6.12. The molecule has 0 aliphatic rings. The highest BCUT2D eigenvalue weighted by Gasteiger charge is 2.07. The van der Waals surface area contributed by atoms with Gasteiger partial charge in [0.1, 0.15) is 4.32 Å². The Morgan fingerprint density at radius 3 is 2.74 bits per heavy atom. The third kappa shape index (κ3) is 3.51. The van der Waals surface area contributed by atoms with Crippen LogP contribution < -0.4 is 0 Å². The van der Waals surface area contributed by atoms with Crippen LogP contribution in [-0.2, 0) is 6.42 Å². The Morgan fingerprint density at radius 2 is 2.00 bits per heavy atom. The summed E-state index contributed by atoms with van der Waals surface area (Å²) in [4.78, 5) is 5.55. The summed E-state index contributed by atoms with van der Waals surface area (Å²) in [7, 11) is 0. The predicted molar refractivity (Wildman–Crippen MR) is 90.0 cm³/mol. The minimum Gasteiger partial charge on any atom is -0.361 e. The quantitative estimate of drug-likeness (QED) is 0.838. The van der Waals surface area contributed by atoms with E-state index in [-0.39, 0.29) is 0 Å². The third-order valence-corrected chi connectivity index (χ3v) is 4.82. The Kier molecular flexibility index (Phi) is 5.28. The number of hydrogen-bond donors (Lipinski definition) is 1. The van der Waals surface area contributed by atoms with E-state index in [9.17, 15) is 0 Å². The first-order valence-electron chi connectivity index (χ1n) is 6.73. The van der Waals surface area contributed by atoms with Gasteiger partial charge in [0.15, 0.2) is 0 Å². The Labute approximate surface area is 124 Å². The summed E-state index contributed by atoms with van der Waals surface area (Å²) in [6, 6.07) is 8.45. The number of rotatable bonds is 5. The van der Waals surface area contributed by atoms with Gasteiger partial charge in [0.05, 0.1) is 0 Å². The molecule has 0 saturated heterocycles. The van der Waals surface area contributed by atoms with Crippen LogP contribution in [0.1, 0.15) is 19.4 Å². The van der Waals surface area contributed by atoms with Crippen LogP contribution in [-0.4, -0.2) is 33.0 Å². The Hall–Kier alpha value is -1.00. The van der Waals surface area contributed by atoms with E-state index in [2.05, 4.69) is 54.2 Å². The first kappa shape index (κ1) is 14.4. The molecule has 1 aromatic heterocycles. The number of fused-ring (bicyclic) bond motifs is 1. The van der Waals surface area contributed by atoms with Crippen LogP contribution in [0.2, 0.25) is 0 Å². The van der Waals surface area contributed by atoms with Crippen molar-refractivity contribution in [2.45, 2.75) is 20.3 Å². The SMILES string of the molecule is CCN(CC)C(=S)SCCc1c[nH]c2ccccc12. The van der Waals surface area contributed by atoms with Crippen LogP contribution >= 0.6 is 24.0 Å². The third-order valence-electron chi connectivity index (χ3n) is 3.29. The highest BCUT2D eigenvalue weighted by molar-refractivity contribution is 8.22. The van der Waals surface area contributed by atoms with E-state index in [4.69, 9.17) is 12.2 Å². The number of nitrogens with one attached hydrogen (secondary N) is 1. The maximum Gasteiger partial charge on any atom is 0.136 e. The van der Waals surface area contributed by atoms with E-state index in [0.29, 0.717) is 0 Å². The van der Waals surface area contributed by atoms with Crippen molar-refractivity contribution in [3.8, 4) is 0 Å². The molecule has 0 amide bonds. The summed E-state index contributed by atoms with van der Waals surface area (Å²) < 4.78 is 1.02. The molecule has 0 unspecified atom stereocenters. The molecular weight excluding hydrogens is 272 g/mol. The molecule has 2 aromatic rings. The van der Waals surface area contributed by atoms with Gasteiger partial charge in [0.2, 0.25) is 0 Å². The summed E-state index contributed by atoms with van der Waals surface area (Å²) in [5, 5.41) is 1.33. The smallest absolute Gasteiger partial charge is 0.136 e. The Bertz CT molecular complexity index is 544. The summed E-state index contributed by atoms with van der Waals surface area (Å²) in [5.74, 6) is 1.04. The molecule has 1 N–H and O–H groups in total. The largest absolute Gasteiger partial charge is 0.361 e. The lowest BCUT2D eigenvalue weighted by Gasteiger charge is -2.20. The first-order chi connectivity index (χ1) is 9.26. The number of para-hydroxylation sites is 1.